The molecule has 4 aromatic carbocycles. The molecular weight excluding hydrogens is 1280 g/mol. The van der Waals surface area contributed by atoms with Crippen LogP contribution < -0.4 is 21.2 Å². The van der Waals surface area contributed by atoms with Gasteiger partial charge in [-0.1, -0.05) is 94.6 Å². The number of phosphoric acid groups is 1. The maximum absolute atomic E-state index is 14.1. The first-order valence-electron chi connectivity index (χ1n) is 28.3. The minimum Gasteiger partial charge on any atom is -0.396 e. The lowest BCUT2D eigenvalue weighted by Crippen LogP contribution is -2.47. The Kier molecular flexibility index (Phi) is 24.1. The van der Waals surface area contributed by atoms with Crippen molar-refractivity contribution in [2.75, 3.05) is 39.6 Å². The molecule has 4 heterocycles. The summed E-state index contributed by atoms with van der Waals surface area (Å²) in [5, 5.41) is 25.1. The van der Waals surface area contributed by atoms with Gasteiger partial charge < -0.3 is 59.0 Å². The van der Waals surface area contributed by atoms with Gasteiger partial charge in [0, 0.05) is 57.0 Å². The lowest BCUT2D eigenvalue weighted by molar-refractivity contribution is -0.683. The van der Waals surface area contributed by atoms with Gasteiger partial charge in [0.15, 0.2) is 17.1 Å². The van der Waals surface area contributed by atoms with Crippen molar-refractivity contribution in [1.82, 2.24) is 9.88 Å². The summed E-state index contributed by atoms with van der Waals surface area (Å²) < 4.78 is 102. The lowest BCUT2D eigenvalue weighted by atomic mass is 10.00. The summed E-state index contributed by atoms with van der Waals surface area (Å²) in [6, 6.07) is 26.6. The van der Waals surface area contributed by atoms with Crippen LogP contribution >= 0.6 is 31.0 Å². The average molecular weight is 1350 g/mol. The number of nitrogens with two attached hydrogens (primary N) is 1. The van der Waals surface area contributed by atoms with Crippen LogP contribution in [0.15, 0.2) is 133 Å². The fraction of sp³-hybridized carbons (Fsp3) is 0.411. The molecule has 0 spiro atoms. The van der Waals surface area contributed by atoms with Crippen molar-refractivity contribution in [1.29, 1.82) is 0 Å². The second-order valence-corrected chi connectivity index (χ2v) is 29.5. The van der Waals surface area contributed by atoms with Crippen molar-refractivity contribution in [3.8, 4) is 0 Å². The van der Waals surface area contributed by atoms with E-state index in [4.69, 9.17) is 42.1 Å². The number of pyridine rings is 2. The van der Waals surface area contributed by atoms with E-state index in [1.54, 1.807) is 85.8 Å². The van der Waals surface area contributed by atoms with E-state index in [2.05, 4.69) is 19.0 Å². The number of nitro groups is 1. The number of nitrogens with one attached hydrogen (secondary N) is 1. The number of aliphatic hydroxyl groups is 1. The van der Waals surface area contributed by atoms with E-state index in [1.807, 2.05) is 25.5 Å². The van der Waals surface area contributed by atoms with Gasteiger partial charge in [-0.15, -0.1) is 0 Å². The van der Waals surface area contributed by atoms with Gasteiger partial charge in [-0.25, -0.2) is 9.13 Å². The van der Waals surface area contributed by atoms with Crippen molar-refractivity contribution in [3.63, 3.8) is 0 Å². The predicted octanol–water partition coefficient (Wildman–Crippen LogP) is 7.67. The summed E-state index contributed by atoms with van der Waals surface area (Å²) in [6.45, 7) is 1.35. The topological polar surface area (TPSA) is 408 Å². The summed E-state index contributed by atoms with van der Waals surface area (Å²) in [7, 11) is -21.9. The number of aromatic nitrogens is 2. The van der Waals surface area contributed by atoms with Gasteiger partial charge in [0.25, 0.3) is 10.0 Å². The number of carbonyl (C=O) groups excluding carboxylic acids is 1. The van der Waals surface area contributed by atoms with Crippen molar-refractivity contribution in [3.05, 3.63) is 169 Å². The molecule has 2 aliphatic heterocycles. The highest BCUT2D eigenvalue weighted by Crippen LogP contribution is 2.55. The number of phosphoric ester groups is 1. The van der Waals surface area contributed by atoms with Gasteiger partial charge in [0.05, 0.1) is 79.4 Å². The molecule has 0 bridgehead atoms. The van der Waals surface area contributed by atoms with E-state index in [0.29, 0.717) is 40.7 Å². The third kappa shape index (κ3) is 19.5. The van der Waals surface area contributed by atoms with E-state index in [-0.39, 0.29) is 62.3 Å². The third-order valence-electron chi connectivity index (χ3n) is 14.4. The molecule has 29 nitrogen and oxygen atoms in total. The zero-order chi connectivity index (χ0) is 65.0. The van der Waals surface area contributed by atoms with Gasteiger partial charge in [0.1, 0.15) is 13.2 Å². The Morgan fingerprint density at radius 2 is 1.52 bits per heavy atom. The molecule has 2 aromatic heterocycles. The van der Waals surface area contributed by atoms with Gasteiger partial charge >= 0.3 is 42.3 Å². The van der Waals surface area contributed by atoms with Gasteiger partial charge in [-0.3, -0.25) is 42.3 Å². The minimum absolute atomic E-state index is 0.0460. The molecule has 0 saturated carbocycles. The van der Waals surface area contributed by atoms with Crippen molar-refractivity contribution in [2.45, 2.75) is 108 Å². The summed E-state index contributed by atoms with van der Waals surface area (Å²) in [5.41, 5.74) is 8.95. The monoisotopic (exact) mass is 1350 g/mol. The van der Waals surface area contributed by atoms with Crippen LogP contribution in [-0.4, -0.2) is 117 Å². The molecule has 7 atom stereocenters. The summed E-state index contributed by atoms with van der Waals surface area (Å²) in [5.74, 6) is -0.633. The molecule has 0 radical (unpaired) electrons. The number of ether oxygens (including phenoxy) is 1. The Morgan fingerprint density at radius 1 is 0.856 bits per heavy atom. The van der Waals surface area contributed by atoms with Crippen LogP contribution in [0.1, 0.15) is 64.9 Å². The molecule has 2 aliphatic rings. The van der Waals surface area contributed by atoms with E-state index >= 15 is 0 Å². The van der Waals surface area contributed by atoms with Gasteiger partial charge in [-0.2, -0.15) is 17.9 Å². The van der Waals surface area contributed by atoms with Gasteiger partial charge in [0.2, 0.25) is 5.91 Å². The first kappa shape index (κ1) is 70.3. The Bertz CT molecular complexity index is 3930. The molecule has 6 aromatic rings. The van der Waals surface area contributed by atoms with Crippen LogP contribution in [0.2, 0.25) is 0 Å². The van der Waals surface area contributed by atoms with Gasteiger partial charge in [-0.05, 0) is 73.4 Å². The number of hydrogen-bond donors (Lipinski definition) is 8. The number of benzene rings is 4. The Hall–Kier alpha value is -5.62. The molecule has 488 valence electrons. The Morgan fingerprint density at radius 3 is 2.19 bits per heavy atom. The Labute approximate surface area is 519 Å². The first-order chi connectivity index (χ1) is 42.6. The molecule has 1 amide bonds. The maximum Gasteiger partial charge on any atom is 0.472 e. The second-order valence-electron chi connectivity index (χ2n) is 21.3. The van der Waals surface area contributed by atoms with Crippen LogP contribution in [0.25, 0.3) is 10.9 Å². The van der Waals surface area contributed by atoms with E-state index in [1.165, 1.54) is 34.9 Å². The van der Waals surface area contributed by atoms with Crippen molar-refractivity contribution in [2.24, 2.45) is 26.4 Å². The number of aryl methyl sites for hydroxylation is 6. The van der Waals surface area contributed by atoms with Crippen molar-refractivity contribution < 1.29 is 93.2 Å². The van der Waals surface area contributed by atoms with E-state index in [9.17, 15) is 62.3 Å². The second kappa shape index (κ2) is 30.9. The molecule has 90 heavy (non-hydrogen) atoms. The lowest BCUT2D eigenvalue weighted by Gasteiger charge is -2.35. The quantitative estimate of drug-likeness (QED) is 0.00704. The molecule has 1 saturated heterocycles. The minimum atomic E-state index is -5.31. The number of rotatable bonds is 30. The van der Waals surface area contributed by atoms with Crippen molar-refractivity contribution >= 4 is 74.9 Å². The number of sulfonamides is 1. The highest BCUT2D eigenvalue weighted by molar-refractivity contribution is 7.93. The molecule has 9 N–H and O–H groups in total. The molecule has 34 heteroatoms. The Balaban J connectivity index is 1.06. The number of hydrogen-bond acceptors (Lipinski definition) is 19. The van der Waals surface area contributed by atoms with Crippen LogP contribution in [0.5, 0.6) is 0 Å². The highest BCUT2D eigenvalue weighted by Gasteiger charge is 2.40. The molecule has 8 rings (SSSR count). The molecule has 7 unspecified atom stereocenters. The summed E-state index contributed by atoms with van der Waals surface area (Å²) in [6.07, 6.45) is -1.92. The fourth-order valence-electron chi connectivity index (χ4n) is 9.56. The third-order valence-corrected chi connectivity index (χ3v) is 21.3. The number of aliphatic hydroxyl groups excluding tert-OH is 1. The largest absolute Gasteiger partial charge is 0.472 e. The zero-order valence-electron chi connectivity index (χ0n) is 49.6. The molecule has 0 aliphatic carbocycles. The first-order valence-corrected chi connectivity index (χ1v) is 35.9. The predicted molar refractivity (Wildman–Crippen MR) is 330 cm³/mol. The van der Waals surface area contributed by atoms with E-state index in [0.717, 1.165) is 22.5 Å². The maximum atomic E-state index is 14.1. The number of para-hydroxylation sites is 1. The fourth-order valence-corrected chi connectivity index (χ4v) is 15.8. The van der Waals surface area contributed by atoms with Crippen LogP contribution in [-0.2, 0) is 95.4 Å². The smallest absolute Gasteiger partial charge is 0.396 e. The number of amides is 1. The molecule has 1 fully saturated rings. The SMILES string of the molecule is Cc1ccc(S(=O)(=O)N=P(O)(OCCCO)OCC2OCC(N)CC2OP(=O)(O)OCC(COP(O)(=Nc2c([N+](=O)[O-])c(=O)n3c4c(cccc24)CCC3)OCc2ccc(COP(O)(O)=Nc3cc(C)[n+](C)c(C)c3)cc2)NC(=O)CCc2ccccc2)cc1. The number of nitrogens with zero attached hydrogens (tertiary/aromatic N) is 6. The molecular formula is C56H73N8O21P4S+. The highest BCUT2D eigenvalue weighted by atomic mass is 32.2. The standard InChI is InChI=1S/C56H72N8O21P4S/c1-38-16-23-48(24-17-38)90(76,77)61-88(73,79-28-10-27-65)83-37-51-50(31-45(57)34-78-51)85-89(74,75)84-36-47(58-52(66)25-22-41-11-6-5-7-12-41)35-82-87(72,60-53-49-15-8-13-44-14-9-26-63(54(44)49)56(67)55(53)64(68)69)81-33-43-20-18-42(19-21-43)32-80-86(70,71)59-46-29-39(2)62(4)40(3)30-46/h5-8,11-13,15-21,23-24,29-30,45,47,50-51,65H,9-10,14,22,25-28,31-37,57H2,1-4H3,(H5-,58,66,70,71,72,73,74,75)/p+1. The van der Waals surface area contributed by atoms with E-state index < -0.39 is 126 Å². The zero-order valence-corrected chi connectivity index (χ0v) is 54.0. The average Bonchev–Trinajstić information content (AvgIpc) is 0.746. The normalized spacial score (nSPS) is 18.4. The van der Waals surface area contributed by atoms with Crippen LogP contribution in [0, 0.1) is 30.9 Å². The summed E-state index contributed by atoms with van der Waals surface area (Å²) in [4.78, 5) is 96.4. The number of carbonyl (C=O) groups is 1. The van der Waals surface area contributed by atoms with Crippen LogP contribution in [0.4, 0.5) is 17.1 Å². The van der Waals surface area contributed by atoms with Crippen LogP contribution in [0.3, 0.4) is 0 Å². The summed E-state index contributed by atoms with van der Waals surface area (Å²) >= 11 is 0.